The van der Waals surface area contributed by atoms with E-state index in [9.17, 15) is 9.59 Å². The average molecular weight is 445 g/mol. The number of rotatable bonds is 4. The van der Waals surface area contributed by atoms with Crippen LogP contribution in [0.3, 0.4) is 0 Å². The summed E-state index contributed by atoms with van der Waals surface area (Å²) in [5, 5.41) is 0. The molecule has 0 saturated carbocycles. The molecule has 2 aliphatic rings. The zero-order valence-corrected chi connectivity index (χ0v) is 17.6. The molecule has 0 aromatic heterocycles. The second-order valence-electron chi connectivity index (χ2n) is 7.01. The van der Waals surface area contributed by atoms with Crippen LogP contribution in [0.4, 0.5) is 5.69 Å². The number of ketones is 1. The highest BCUT2D eigenvalue weighted by atomic mass is 79.9. The van der Waals surface area contributed by atoms with Crippen LogP contribution in [-0.2, 0) is 11.2 Å². The molecule has 0 aliphatic carbocycles. The van der Waals surface area contributed by atoms with Gasteiger partial charge in [-0.3, -0.25) is 19.4 Å². The van der Waals surface area contributed by atoms with Crippen LogP contribution in [0.25, 0.3) is 0 Å². The third kappa shape index (κ3) is 2.99. The number of nitrogens with zero attached hydrogens (tertiary/aromatic N) is 2. The van der Waals surface area contributed by atoms with E-state index >= 15 is 0 Å². The smallest absolute Gasteiger partial charge is 0.300 e. The lowest BCUT2D eigenvalue weighted by Gasteiger charge is -2.37. The summed E-state index contributed by atoms with van der Waals surface area (Å²) in [6.07, 6.45) is 0.837. The summed E-state index contributed by atoms with van der Waals surface area (Å²) in [4.78, 5) is 28.7. The molecule has 0 N–H and O–H groups in total. The third-order valence-electron chi connectivity index (χ3n) is 5.57. The predicted molar refractivity (Wildman–Crippen MR) is 109 cm³/mol. The molecule has 0 radical (unpaired) electrons. The van der Waals surface area contributed by atoms with Gasteiger partial charge in [0.05, 0.1) is 32.1 Å². The summed E-state index contributed by atoms with van der Waals surface area (Å²) in [6, 6.07) is 9.49. The van der Waals surface area contributed by atoms with Crippen molar-refractivity contribution in [1.82, 2.24) is 4.90 Å². The summed E-state index contributed by atoms with van der Waals surface area (Å²) in [5.41, 5.74) is 3.49. The number of anilines is 1. The number of ether oxygens (including phenoxy) is 2. The maximum Gasteiger partial charge on any atom is 0.300 e. The number of carbonyl (C=O) groups is 2. The molecule has 1 atom stereocenters. The van der Waals surface area contributed by atoms with Crippen LogP contribution in [0.5, 0.6) is 11.5 Å². The second kappa shape index (κ2) is 7.22. The number of fused-ring (bicyclic) bond motifs is 2. The van der Waals surface area contributed by atoms with E-state index in [1.54, 1.807) is 25.2 Å². The van der Waals surface area contributed by atoms with E-state index < -0.39 is 11.7 Å². The van der Waals surface area contributed by atoms with Crippen LogP contribution in [0, 0.1) is 0 Å². The fourth-order valence-corrected chi connectivity index (χ4v) is 4.35. The third-order valence-corrected chi connectivity index (χ3v) is 6.06. The molecule has 2 aliphatic heterocycles. The Labute approximate surface area is 172 Å². The largest absolute Gasteiger partial charge is 0.493 e. The molecule has 2 heterocycles. The number of halogens is 1. The molecule has 0 fully saturated rings. The Morgan fingerprint density at radius 1 is 1.11 bits per heavy atom. The fourth-order valence-electron chi connectivity index (χ4n) is 3.98. The zero-order chi connectivity index (χ0) is 20.0. The van der Waals surface area contributed by atoms with Gasteiger partial charge in [-0.1, -0.05) is 15.9 Å². The van der Waals surface area contributed by atoms with Crippen LogP contribution in [0.2, 0.25) is 0 Å². The van der Waals surface area contributed by atoms with Crippen LogP contribution in [0.1, 0.15) is 34.5 Å². The van der Waals surface area contributed by atoms with E-state index in [1.165, 1.54) is 5.56 Å². The molecule has 2 aromatic rings. The highest BCUT2D eigenvalue weighted by Gasteiger charge is 2.38. The van der Waals surface area contributed by atoms with Gasteiger partial charge in [0.2, 0.25) is 0 Å². The number of hydrogen-bond acceptors (Lipinski definition) is 5. The molecule has 4 rings (SSSR count). The lowest BCUT2D eigenvalue weighted by Crippen LogP contribution is -2.44. The monoisotopic (exact) mass is 444 g/mol. The maximum atomic E-state index is 12.6. The zero-order valence-electron chi connectivity index (χ0n) is 16.0. The number of amides is 1. The van der Waals surface area contributed by atoms with Crippen molar-refractivity contribution in [3.8, 4) is 11.5 Å². The normalized spacial score (nSPS) is 18.9. The molecule has 0 bridgehead atoms. The highest BCUT2D eigenvalue weighted by Crippen LogP contribution is 2.39. The fraction of sp³-hybridized carbons (Fsp3) is 0.333. The van der Waals surface area contributed by atoms with Crippen LogP contribution >= 0.6 is 15.9 Å². The van der Waals surface area contributed by atoms with Gasteiger partial charge in [-0.05, 0) is 54.8 Å². The van der Waals surface area contributed by atoms with Gasteiger partial charge < -0.3 is 9.47 Å². The van der Waals surface area contributed by atoms with Gasteiger partial charge in [0, 0.05) is 17.1 Å². The minimum atomic E-state index is -0.474. The van der Waals surface area contributed by atoms with E-state index in [-0.39, 0.29) is 6.04 Å². The molecule has 28 heavy (non-hydrogen) atoms. The molecule has 1 amide bonds. The van der Waals surface area contributed by atoms with E-state index in [4.69, 9.17) is 9.47 Å². The van der Waals surface area contributed by atoms with Gasteiger partial charge in [0.15, 0.2) is 11.5 Å². The van der Waals surface area contributed by atoms with E-state index in [0.29, 0.717) is 23.7 Å². The van der Waals surface area contributed by atoms with Crippen molar-refractivity contribution in [2.24, 2.45) is 0 Å². The van der Waals surface area contributed by atoms with E-state index in [1.807, 2.05) is 24.3 Å². The van der Waals surface area contributed by atoms with Gasteiger partial charge in [-0.15, -0.1) is 0 Å². The van der Waals surface area contributed by atoms with Gasteiger partial charge in [0.1, 0.15) is 0 Å². The minimum absolute atomic E-state index is 0.0750. The number of Topliss-reactive ketones (excluding diaryl/α,β-unsaturated/α-hetero) is 1. The Morgan fingerprint density at radius 3 is 2.54 bits per heavy atom. The molecule has 2 aromatic carbocycles. The average Bonchev–Trinajstić information content (AvgIpc) is 2.93. The summed E-state index contributed by atoms with van der Waals surface area (Å²) < 4.78 is 11.7. The first-order chi connectivity index (χ1) is 13.4. The Kier molecular flexibility index (Phi) is 4.89. The molecule has 146 valence electrons. The predicted octanol–water partition coefficient (Wildman–Crippen LogP) is 3.57. The topological polar surface area (TPSA) is 59.1 Å². The van der Waals surface area contributed by atoms with Crippen LogP contribution in [0.15, 0.2) is 34.8 Å². The van der Waals surface area contributed by atoms with Crippen molar-refractivity contribution >= 4 is 33.3 Å². The van der Waals surface area contributed by atoms with Crippen LogP contribution < -0.4 is 14.4 Å². The van der Waals surface area contributed by atoms with Crippen molar-refractivity contribution in [1.29, 1.82) is 0 Å². The number of hydrogen-bond donors (Lipinski definition) is 0. The molecule has 6 nitrogen and oxygen atoms in total. The van der Waals surface area contributed by atoms with Gasteiger partial charge >= 0.3 is 5.91 Å². The van der Waals surface area contributed by atoms with Gasteiger partial charge in [-0.25, -0.2) is 0 Å². The van der Waals surface area contributed by atoms with E-state index in [2.05, 4.69) is 27.8 Å². The van der Waals surface area contributed by atoms with Crippen molar-refractivity contribution < 1.29 is 19.1 Å². The van der Waals surface area contributed by atoms with E-state index in [0.717, 1.165) is 28.8 Å². The second-order valence-corrected chi connectivity index (χ2v) is 7.93. The molecule has 1 unspecified atom stereocenters. The summed E-state index contributed by atoms with van der Waals surface area (Å²) in [7, 11) is 3.26. The molecular formula is C21H21BrN2O4. The number of methoxy groups -OCH3 is 2. The maximum absolute atomic E-state index is 12.6. The van der Waals surface area contributed by atoms with Crippen molar-refractivity contribution in [3.63, 3.8) is 0 Å². The minimum Gasteiger partial charge on any atom is -0.493 e. The molecular weight excluding hydrogens is 424 g/mol. The Hall–Kier alpha value is -2.38. The van der Waals surface area contributed by atoms with Crippen molar-refractivity contribution in [2.45, 2.75) is 19.4 Å². The quantitative estimate of drug-likeness (QED) is 0.674. The number of carbonyl (C=O) groups excluding carboxylic acids is 2. The summed E-state index contributed by atoms with van der Waals surface area (Å²) in [5.74, 6) is 0.491. The van der Waals surface area contributed by atoms with Crippen molar-refractivity contribution in [2.75, 3.05) is 32.3 Å². The first-order valence-electron chi connectivity index (χ1n) is 9.09. The van der Waals surface area contributed by atoms with Crippen molar-refractivity contribution in [3.05, 3.63) is 51.5 Å². The lowest BCUT2D eigenvalue weighted by molar-refractivity contribution is -0.114. The Bertz CT molecular complexity index is 975. The number of benzene rings is 2. The lowest BCUT2D eigenvalue weighted by atomic mass is 9.93. The Morgan fingerprint density at radius 2 is 1.82 bits per heavy atom. The van der Waals surface area contributed by atoms with Gasteiger partial charge in [-0.2, -0.15) is 0 Å². The van der Waals surface area contributed by atoms with Crippen LogP contribution in [-0.4, -0.2) is 44.0 Å². The first kappa shape index (κ1) is 19.0. The summed E-state index contributed by atoms with van der Waals surface area (Å²) in [6.45, 7) is 3.26. The standard InChI is InChI=1S/C21H21BrN2O4/c1-12-15-10-19(28-3)18(27-2)8-13(15)6-7-23(12)11-24-17-5-4-14(22)9-16(17)20(25)21(24)26/h4-5,8-10,12H,6-7,11H2,1-3H3. The molecule has 0 saturated heterocycles. The first-order valence-corrected chi connectivity index (χ1v) is 9.88. The van der Waals surface area contributed by atoms with Gasteiger partial charge in [0.25, 0.3) is 5.78 Å². The molecule has 0 spiro atoms. The Balaban J connectivity index is 1.63. The highest BCUT2D eigenvalue weighted by molar-refractivity contribution is 9.10. The SMILES string of the molecule is COc1cc2c(cc1OC)C(C)N(CN1C(=O)C(=O)c3cc(Br)ccc31)CC2. The molecule has 7 heteroatoms. The summed E-state index contributed by atoms with van der Waals surface area (Å²) >= 11 is 3.37.